The van der Waals surface area contributed by atoms with Crippen molar-refractivity contribution < 1.29 is 15.1 Å². The molecule has 1 aromatic heterocycles. The predicted molar refractivity (Wildman–Crippen MR) is 67.7 cm³/mol. The number of allylic oxidation sites excluding steroid dienone is 1. The van der Waals surface area contributed by atoms with Gasteiger partial charge in [0, 0.05) is 13.0 Å². The molecule has 1 aromatic rings. The highest BCUT2D eigenvalue weighted by molar-refractivity contribution is 5.80. The van der Waals surface area contributed by atoms with Crippen LogP contribution in [-0.2, 0) is 22.7 Å². The molecule has 110 valence electrons. The van der Waals surface area contributed by atoms with Gasteiger partial charge in [-0.2, -0.15) is 0 Å². The van der Waals surface area contributed by atoms with E-state index in [1.807, 2.05) is 0 Å². The third-order valence-electron chi connectivity index (χ3n) is 2.87. The molecule has 1 aliphatic rings. The Labute approximate surface area is 112 Å². The van der Waals surface area contributed by atoms with Crippen molar-refractivity contribution in [3.8, 4) is 0 Å². The molecule has 0 saturated carbocycles. The molecule has 1 unspecified atom stereocenters. The Balaban J connectivity index is 0.00000200. The number of amides is 2. The molecule has 10 nitrogen and oxygen atoms in total. The first-order valence-corrected chi connectivity index (χ1v) is 5.60. The van der Waals surface area contributed by atoms with Gasteiger partial charge >= 0.3 is 11.4 Å². The second kappa shape index (κ2) is 5.57. The number of primary amides is 2. The molecule has 0 radical (unpaired) electrons. The fourth-order valence-corrected chi connectivity index (χ4v) is 1.98. The molecule has 0 bridgehead atoms. The first-order valence-electron chi connectivity index (χ1n) is 5.60. The number of fused-ring (bicyclic) bond motifs is 1. The Hall–Kier alpha value is -2.62. The van der Waals surface area contributed by atoms with Gasteiger partial charge in [0.25, 0.3) is 0 Å². The molecule has 0 aliphatic carbocycles. The van der Waals surface area contributed by atoms with E-state index in [0.29, 0.717) is 0 Å². The lowest BCUT2D eigenvalue weighted by molar-refractivity contribution is -0.120. The zero-order valence-corrected chi connectivity index (χ0v) is 10.5. The highest BCUT2D eigenvalue weighted by Gasteiger charge is 2.26. The molecule has 10 heteroatoms. The molecule has 2 amide bonds. The van der Waals surface area contributed by atoms with Crippen molar-refractivity contribution in [2.24, 2.45) is 11.5 Å². The van der Waals surface area contributed by atoms with Crippen molar-refractivity contribution in [2.75, 3.05) is 0 Å². The average Bonchev–Trinajstić information content (AvgIpc) is 2.59. The van der Waals surface area contributed by atoms with Crippen molar-refractivity contribution in [3.05, 3.63) is 33.1 Å². The molecule has 6 N–H and O–H groups in total. The summed E-state index contributed by atoms with van der Waals surface area (Å²) in [5.74, 6) is -1.36. The molecule has 1 atom stereocenters. The number of carbonyl (C=O) groups excluding carboxylic acids is 2. The van der Waals surface area contributed by atoms with Crippen LogP contribution in [0.4, 0.5) is 0 Å². The Kier molecular flexibility index (Phi) is 4.30. The largest absolute Gasteiger partial charge is 0.412 e. The Bertz CT molecular complexity index is 679. The van der Waals surface area contributed by atoms with Gasteiger partial charge in [0.2, 0.25) is 11.8 Å². The van der Waals surface area contributed by atoms with Crippen LogP contribution in [0.25, 0.3) is 0 Å². The Morgan fingerprint density at radius 3 is 2.45 bits per heavy atom. The van der Waals surface area contributed by atoms with Crippen LogP contribution in [0.2, 0.25) is 0 Å². The first-order chi connectivity index (χ1) is 8.93. The van der Waals surface area contributed by atoms with E-state index in [4.69, 9.17) is 11.5 Å². The molecule has 0 saturated heterocycles. The third kappa shape index (κ3) is 2.40. The van der Waals surface area contributed by atoms with E-state index in [0.717, 1.165) is 13.9 Å². The molecule has 0 aromatic carbocycles. The van der Waals surface area contributed by atoms with Gasteiger partial charge in [0.05, 0.1) is 6.54 Å². The maximum Gasteiger partial charge on any atom is 0.348 e. The van der Waals surface area contributed by atoms with Gasteiger partial charge in [-0.1, -0.05) is 12.2 Å². The van der Waals surface area contributed by atoms with E-state index < -0.39 is 29.2 Å². The quantitative estimate of drug-likeness (QED) is 0.547. The van der Waals surface area contributed by atoms with E-state index in [1.165, 1.54) is 6.08 Å². The highest BCUT2D eigenvalue weighted by atomic mass is 16.2. The molecule has 0 fully saturated rings. The van der Waals surface area contributed by atoms with Gasteiger partial charge < -0.3 is 16.9 Å². The number of nitrogens with two attached hydrogens (primary N) is 2. The lowest BCUT2D eigenvalue weighted by atomic mass is 10.2. The third-order valence-corrected chi connectivity index (χ3v) is 2.87. The van der Waals surface area contributed by atoms with Crippen LogP contribution in [-0.4, -0.2) is 31.2 Å². The lowest BCUT2D eigenvalue weighted by Gasteiger charge is -2.17. The van der Waals surface area contributed by atoms with Crippen LogP contribution in [0, 0.1) is 0 Å². The van der Waals surface area contributed by atoms with E-state index >= 15 is 0 Å². The molecule has 2 heterocycles. The molecule has 2 rings (SSSR count). The van der Waals surface area contributed by atoms with Gasteiger partial charge in [0.1, 0.15) is 0 Å². The van der Waals surface area contributed by atoms with Crippen molar-refractivity contribution in [1.82, 2.24) is 13.9 Å². The summed E-state index contributed by atoms with van der Waals surface area (Å²) in [5, 5.41) is 0. The van der Waals surface area contributed by atoms with Crippen LogP contribution in [0.3, 0.4) is 0 Å². The van der Waals surface area contributed by atoms with Gasteiger partial charge in [-0.3, -0.25) is 9.59 Å². The topological polar surface area (TPSA) is 167 Å². The minimum Gasteiger partial charge on any atom is -0.412 e. The summed E-state index contributed by atoms with van der Waals surface area (Å²) in [4.78, 5) is 46.0. The molecule has 0 spiro atoms. The van der Waals surface area contributed by atoms with E-state index in [9.17, 15) is 19.2 Å². The number of carbonyl (C=O) groups is 2. The van der Waals surface area contributed by atoms with Crippen LogP contribution >= 0.6 is 0 Å². The van der Waals surface area contributed by atoms with Crippen LogP contribution < -0.4 is 22.8 Å². The minimum absolute atomic E-state index is 0. The molecule has 1 aliphatic heterocycles. The molecular formula is C10H15N5O5. The zero-order valence-electron chi connectivity index (χ0n) is 10.5. The van der Waals surface area contributed by atoms with Crippen LogP contribution in [0.15, 0.2) is 21.7 Å². The van der Waals surface area contributed by atoms with Gasteiger partial charge in [-0.05, 0) is 0 Å². The van der Waals surface area contributed by atoms with Crippen molar-refractivity contribution in [3.63, 3.8) is 0 Å². The number of hydrogen-bond donors (Lipinski definition) is 2. The van der Waals surface area contributed by atoms with Crippen molar-refractivity contribution in [1.29, 1.82) is 0 Å². The van der Waals surface area contributed by atoms with E-state index in [2.05, 4.69) is 0 Å². The fraction of sp³-hybridized carbons (Fsp3) is 0.400. The monoisotopic (exact) mass is 285 g/mol. The number of aromatic nitrogens is 3. The van der Waals surface area contributed by atoms with E-state index in [-0.39, 0.29) is 25.0 Å². The summed E-state index contributed by atoms with van der Waals surface area (Å²) >= 11 is 0. The first kappa shape index (κ1) is 15.4. The second-order valence-electron chi connectivity index (χ2n) is 4.14. The number of nitrogens with zero attached hydrogens (tertiary/aromatic N) is 3. The summed E-state index contributed by atoms with van der Waals surface area (Å²) in [7, 11) is 0. The Morgan fingerprint density at radius 2 is 1.90 bits per heavy atom. The van der Waals surface area contributed by atoms with Crippen molar-refractivity contribution in [2.45, 2.75) is 25.6 Å². The summed E-state index contributed by atoms with van der Waals surface area (Å²) in [6.45, 7) is 0.0485. The van der Waals surface area contributed by atoms with E-state index in [1.54, 1.807) is 6.08 Å². The normalized spacial score (nSPS) is 16.3. The maximum atomic E-state index is 12.1. The standard InChI is InChI=1S/C10H13N5O4.H2O/c11-7(16)3-5-13-9(18)14-4-1-2-6(8(12)17)15(14)10(13)19;/h1-2,6H,3-5H2,(H2,11,16)(H2,12,17);1H2. The predicted octanol–water partition coefficient (Wildman–Crippen LogP) is -3.54. The average molecular weight is 285 g/mol. The van der Waals surface area contributed by atoms with Gasteiger partial charge in [-0.25, -0.2) is 23.5 Å². The minimum atomic E-state index is -0.997. The molecule has 20 heavy (non-hydrogen) atoms. The summed E-state index contributed by atoms with van der Waals surface area (Å²) in [6.07, 6.45) is 2.91. The lowest BCUT2D eigenvalue weighted by Crippen LogP contribution is -2.38. The highest BCUT2D eigenvalue weighted by Crippen LogP contribution is 2.09. The second-order valence-corrected chi connectivity index (χ2v) is 4.14. The fourth-order valence-electron chi connectivity index (χ4n) is 1.98. The van der Waals surface area contributed by atoms with Gasteiger partial charge in [-0.15, -0.1) is 0 Å². The van der Waals surface area contributed by atoms with Gasteiger partial charge in [0.15, 0.2) is 6.04 Å². The SMILES string of the molecule is NC(=O)CCn1c(=O)n2n(c1=O)C(C(N)=O)C=CC2.O. The number of hydrogen-bond acceptors (Lipinski definition) is 4. The van der Waals surface area contributed by atoms with Crippen molar-refractivity contribution >= 4 is 11.8 Å². The summed E-state index contributed by atoms with van der Waals surface area (Å²) in [5.41, 5.74) is 8.89. The molecular weight excluding hydrogens is 270 g/mol. The Morgan fingerprint density at radius 1 is 1.25 bits per heavy atom. The van der Waals surface area contributed by atoms with Crippen LogP contribution in [0.5, 0.6) is 0 Å². The smallest absolute Gasteiger partial charge is 0.348 e. The maximum absolute atomic E-state index is 12.1. The number of rotatable bonds is 4. The summed E-state index contributed by atoms with van der Waals surface area (Å²) < 4.78 is 2.97. The van der Waals surface area contributed by atoms with Crippen LogP contribution in [0.1, 0.15) is 12.5 Å². The summed E-state index contributed by atoms with van der Waals surface area (Å²) in [6, 6.07) is -0.997. The zero-order chi connectivity index (χ0) is 14.2.